The molecule has 0 unspecified atom stereocenters. The molecule has 24 heavy (non-hydrogen) atoms. The van der Waals surface area contributed by atoms with Crippen molar-refractivity contribution in [3.63, 3.8) is 0 Å². The van der Waals surface area contributed by atoms with Gasteiger partial charge in [0.15, 0.2) is 0 Å². The van der Waals surface area contributed by atoms with Gasteiger partial charge in [-0.1, -0.05) is 32.0 Å². The third kappa shape index (κ3) is 5.08. The van der Waals surface area contributed by atoms with Crippen LogP contribution in [0.3, 0.4) is 0 Å². The Hall–Kier alpha value is -2.36. The van der Waals surface area contributed by atoms with Gasteiger partial charge in [-0.3, -0.25) is 0 Å². The Morgan fingerprint density at radius 3 is 2.46 bits per heavy atom. The van der Waals surface area contributed by atoms with E-state index in [2.05, 4.69) is 25.2 Å². The maximum absolute atomic E-state index is 5.94. The minimum Gasteiger partial charge on any atom is -0.497 e. The molecule has 0 saturated carbocycles. The molecule has 4 nitrogen and oxygen atoms in total. The van der Waals surface area contributed by atoms with Crippen molar-refractivity contribution in [2.75, 3.05) is 26.1 Å². The summed E-state index contributed by atoms with van der Waals surface area (Å²) < 4.78 is 16.6. The van der Waals surface area contributed by atoms with Gasteiger partial charge in [-0.05, 0) is 30.5 Å². The summed E-state index contributed by atoms with van der Waals surface area (Å²) in [5.41, 5.74) is 2.01. The average molecular weight is 329 g/mol. The average Bonchev–Trinajstić information content (AvgIpc) is 2.60. The number of nitrogens with one attached hydrogen (secondary N) is 1. The molecule has 0 heterocycles. The Labute approximate surface area is 144 Å². The molecule has 0 aliphatic heterocycles. The summed E-state index contributed by atoms with van der Waals surface area (Å²) in [6, 6.07) is 13.8. The van der Waals surface area contributed by atoms with Gasteiger partial charge in [0.1, 0.15) is 17.2 Å². The predicted octanol–water partition coefficient (Wildman–Crippen LogP) is 4.74. The first-order chi connectivity index (χ1) is 11.6. The van der Waals surface area contributed by atoms with Gasteiger partial charge in [0.2, 0.25) is 0 Å². The van der Waals surface area contributed by atoms with Gasteiger partial charge in [0, 0.05) is 18.2 Å². The van der Waals surface area contributed by atoms with Crippen LogP contribution in [0.25, 0.3) is 0 Å². The maximum atomic E-state index is 5.94. The summed E-state index contributed by atoms with van der Waals surface area (Å²) >= 11 is 0. The van der Waals surface area contributed by atoms with Crippen molar-refractivity contribution in [3.05, 3.63) is 48.0 Å². The van der Waals surface area contributed by atoms with Crippen LogP contribution in [-0.2, 0) is 6.54 Å². The van der Waals surface area contributed by atoms with E-state index in [1.807, 2.05) is 36.4 Å². The molecule has 0 saturated heterocycles. The standard InChI is InChI=1S/C20H27NO3/c1-15(2)11-12-24-19-8-6-5-7-16(19)14-21-18-13-17(22-3)9-10-20(18)23-4/h5-10,13,15,21H,11-12,14H2,1-4H3. The molecule has 0 spiro atoms. The van der Waals surface area contributed by atoms with Crippen molar-refractivity contribution in [2.24, 2.45) is 5.92 Å². The van der Waals surface area contributed by atoms with Crippen molar-refractivity contribution in [1.82, 2.24) is 0 Å². The van der Waals surface area contributed by atoms with Crippen LogP contribution in [0.2, 0.25) is 0 Å². The largest absolute Gasteiger partial charge is 0.497 e. The summed E-state index contributed by atoms with van der Waals surface area (Å²) in [4.78, 5) is 0. The van der Waals surface area contributed by atoms with Gasteiger partial charge < -0.3 is 19.5 Å². The molecule has 130 valence electrons. The Morgan fingerprint density at radius 2 is 1.75 bits per heavy atom. The van der Waals surface area contributed by atoms with Crippen molar-refractivity contribution >= 4 is 5.69 Å². The van der Waals surface area contributed by atoms with Crippen molar-refractivity contribution in [3.8, 4) is 17.2 Å². The molecular formula is C20H27NO3. The monoisotopic (exact) mass is 329 g/mol. The van der Waals surface area contributed by atoms with E-state index in [4.69, 9.17) is 14.2 Å². The van der Waals surface area contributed by atoms with Crippen LogP contribution in [0, 0.1) is 5.92 Å². The predicted molar refractivity (Wildman–Crippen MR) is 98.3 cm³/mol. The van der Waals surface area contributed by atoms with Crippen molar-refractivity contribution < 1.29 is 14.2 Å². The van der Waals surface area contributed by atoms with Crippen LogP contribution in [0.4, 0.5) is 5.69 Å². The fourth-order valence-corrected chi connectivity index (χ4v) is 2.34. The second-order valence-electron chi connectivity index (χ2n) is 6.06. The molecule has 0 atom stereocenters. The van der Waals surface area contributed by atoms with E-state index in [9.17, 15) is 0 Å². The first kappa shape index (κ1) is 18.0. The highest BCUT2D eigenvalue weighted by molar-refractivity contribution is 5.60. The van der Waals surface area contributed by atoms with Crippen LogP contribution in [0.1, 0.15) is 25.8 Å². The molecule has 2 rings (SSSR count). The van der Waals surface area contributed by atoms with E-state index in [-0.39, 0.29) is 0 Å². The molecule has 0 amide bonds. The highest BCUT2D eigenvalue weighted by Crippen LogP contribution is 2.30. The molecule has 2 aromatic rings. The highest BCUT2D eigenvalue weighted by Gasteiger charge is 2.08. The highest BCUT2D eigenvalue weighted by atomic mass is 16.5. The first-order valence-electron chi connectivity index (χ1n) is 8.30. The molecule has 0 bridgehead atoms. The minimum absolute atomic E-state index is 0.635. The molecule has 0 aromatic heterocycles. The smallest absolute Gasteiger partial charge is 0.142 e. The zero-order chi connectivity index (χ0) is 17.4. The maximum Gasteiger partial charge on any atom is 0.142 e. The normalized spacial score (nSPS) is 10.5. The van der Waals surface area contributed by atoms with Crippen LogP contribution < -0.4 is 19.5 Å². The van der Waals surface area contributed by atoms with E-state index in [1.54, 1.807) is 14.2 Å². The number of ether oxygens (including phenoxy) is 3. The number of benzene rings is 2. The third-order valence-electron chi connectivity index (χ3n) is 3.80. The lowest BCUT2D eigenvalue weighted by atomic mass is 10.1. The SMILES string of the molecule is COc1ccc(OC)c(NCc2ccccc2OCCC(C)C)c1. The molecule has 0 aliphatic rings. The van der Waals surface area contributed by atoms with Crippen LogP contribution in [0.15, 0.2) is 42.5 Å². The van der Waals surface area contributed by atoms with Gasteiger partial charge in [-0.2, -0.15) is 0 Å². The fourth-order valence-electron chi connectivity index (χ4n) is 2.34. The number of para-hydroxylation sites is 1. The lowest BCUT2D eigenvalue weighted by molar-refractivity contribution is 0.287. The van der Waals surface area contributed by atoms with Crippen molar-refractivity contribution in [1.29, 1.82) is 0 Å². The van der Waals surface area contributed by atoms with Crippen LogP contribution >= 0.6 is 0 Å². The number of anilines is 1. The van der Waals surface area contributed by atoms with Crippen molar-refractivity contribution in [2.45, 2.75) is 26.8 Å². The number of rotatable bonds is 9. The van der Waals surface area contributed by atoms with E-state index in [0.717, 1.165) is 41.5 Å². The van der Waals surface area contributed by atoms with Gasteiger partial charge in [0.05, 0.1) is 26.5 Å². The third-order valence-corrected chi connectivity index (χ3v) is 3.80. The number of methoxy groups -OCH3 is 2. The number of hydrogen-bond donors (Lipinski definition) is 1. The fraction of sp³-hybridized carbons (Fsp3) is 0.400. The summed E-state index contributed by atoms with van der Waals surface area (Å²) in [5.74, 6) is 3.14. The minimum atomic E-state index is 0.635. The summed E-state index contributed by atoms with van der Waals surface area (Å²) in [7, 11) is 3.32. The molecule has 0 fully saturated rings. The lowest BCUT2D eigenvalue weighted by Gasteiger charge is -2.15. The van der Waals surface area contributed by atoms with E-state index in [1.165, 1.54) is 0 Å². The number of hydrogen-bond acceptors (Lipinski definition) is 4. The topological polar surface area (TPSA) is 39.7 Å². The first-order valence-corrected chi connectivity index (χ1v) is 8.30. The molecule has 0 aliphatic carbocycles. The molecule has 0 radical (unpaired) electrons. The van der Waals surface area contributed by atoms with Gasteiger partial charge in [-0.25, -0.2) is 0 Å². The van der Waals surface area contributed by atoms with E-state index >= 15 is 0 Å². The second kappa shape index (κ2) is 9.06. The van der Waals surface area contributed by atoms with Gasteiger partial charge in [0.25, 0.3) is 0 Å². The van der Waals surface area contributed by atoms with Gasteiger partial charge in [-0.15, -0.1) is 0 Å². The summed E-state index contributed by atoms with van der Waals surface area (Å²) in [6.07, 6.45) is 1.05. The van der Waals surface area contributed by atoms with Crippen LogP contribution in [0.5, 0.6) is 17.2 Å². The Bertz CT molecular complexity index is 641. The van der Waals surface area contributed by atoms with E-state index < -0.39 is 0 Å². The Kier molecular flexibility index (Phi) is 6.79. The van der Waals surface area contributed by atoms with Gasteiger partial charge >= 0.3 is 0 Å². The molecular weight excluding hydrogens is 302 g/mol. The van der Waals surface area contributed by atoms with E-state index in [0.29, 0.717) is 12.5 Å². The van der Waals surface area contributed by atoms with Crippen LogP contribution in [-0.4, -0.2) is 20.8 Å². The lowest BCUT2D eigenvalue weighted by Crippen LogP contribution is -2.06. The molecule has 4 heteroatoms. The molecule has 2 aromatic carbocycles. The zero-order valence-corrected chi connectivity index (χ0v) is 15.0. The second-order valence-corrected chi connectivity index (χ2v) is 6.06. The zero-order valence-electron chi connectivity index (χ0n) is 15.0. The Balaban J connectivity index is 2.06. The quantitative estimate of drug-likeness (QED) is 0.721. The summed E-state index contributed by atoms with van der Waals surface area (Å²) in [6.45, 7) is 5.79. The Morgan fingerprint density at radius 1 is 0.958 bits per heavy atom. The summed E-state index contributed by atoms with van der Waals surface area (Å²) in [5, 5.41) is 3.41. The molecule has 1 N–H and O–H groups in total.